The van der Waals surface area contributed by atoms with Crippen LogP contribution < -0.4 is 15.0 Å². The fourth-order valence-electron chi connectivity index (χ4n) is 3.63. The predicted octanol–water partition coefficient (Wildman–Crippen LogP) is 5.11. The van der Waals surface area contributed by atoms with Crippen LogP contribution in [-0.2, 0) is 11.3 Å². The molecule has 2 aromatic carbocycles. The Hall–Kier alpha value is -3.26. The van der Waals surface area contributed by atoms with Gasteiger partial charge in [0.1, 0.15) is 5.75 Å². The van der Waals surface area contributed by atoms with Gasteiger partial charge >= 0.3 is 0 Å². The fraction of sp³-hybridized carbons (Fsp3) is 0.320. The normalized spacial score (nSPS) is 10.8. The highest BCUT2D eigenvalue weighted by atomic mass is 32.2. The number of methoxy groups -OCH3 is 1. The van der Waals surface area contributed by atoms with E-state index in [0.29, 0.717) is 29.3 Å². The molecular weight excluding hydrogens is 434 g/mol. The van der Waals surface area contributed by atoms with E-state index in [0.717, 1.165) is 23.5 Å². The van der Waals surface area contributed by atoms with Crippen LogP contribution in [0.5, 0.6) is 5.75 Å². The van der Waals surface area contributed by atoms with E-state index in [1.54, 1.807) is 13.2 Å². The van der Waals surface area contributed by atoms with E-state index in [-0.39, 0.29) is 11.7 Å². The van der Waals surface area contributed by atoms with Gasteiger partial charge in [-0.25, -0.2) is 0 Å². The lowest BCUT2D eigenvalue weighted by Crippen LogP contribution is -2.30. The Balaban J connectivity index is 1.68. The Kier molecular flexibility index (Phi) is 8.54. The first-order chi connectivity index (χ1) is 16.0. The molecular formula is C25H31N5O2S. The lowest BCUT2D eigenvalue weighted by molar-refractivity contribution is -0.113. The summed E-state index contributed by atoms with van der Waals surface area (Å²) in [5.74, 6) is 1.51. The van der Waals surface area contributed by atoms with E-state index in [2.05, 4.69) is 47.8 Å². The molecule has 0 bridgehead atoms. The van der Waals surface area contributed by atoms with Crippen LogP contribution in [0.25, 0.3) is 11.4 Å². The molecule has 0 unspecified atom stereocenters. The summed E-state index contributed by atoms with van der Waals surface area (Å²) in [6.45, 7) is 11.8. The second-order valence-electron chi connectivity index (χ2n) is 7.67. The van der Waals surface area contributed by atoms with Gasteiger partial charge in [0.05, 0.1) is 18.4 Å². The van der Waals surface area contributed by atoms with E-state index in [1.165, 1.54) is 11.8 Å². The molecule has 0 saturated heterocycles. The Morgan fingerprint density at radius 2 is 1.94 bits per heavy atom. The first-order valence-electron chi connectivity index (χ1n) is 10.9. The number of aromatic nitrogens is 3. The number of hydrogen-bond acceptors (Lipinski definition) is 6. The van der Waals surface area contributed by atoms with Gasteiger partial charge < -0.3 is 15.0 Å². The summed E-state index contributed by atoms with van der Waals surface area (Å²) >= 11 is 1.34. The number of nitrogens with zero attached hydrogens (tertiary/aromatic N) is 4. The van der Waals surface area contributed by atoms with Crippen molar-refractivity contribution in [2.45, 2.75) is 38.5 Å². The molecule has 0 saturated carbocycles. The third kappa shape index (κ3) is 5.96. The summed E-state index contributed by atoms with van der Waals surface area (Å²) < 4.78 is 7.40. The van der Waals surface area contributed by atoms with Gasteiger partial charge in [0.15, 0.2) is 11.0 Å². The number of allylic oxidation sites excluding steroid dienone is 1. The number of carbonyl (C=O) groups excluding carboxylic acids is 1. The summed E-state index contributed by atoms with van der Waals surface area (Å²) in [5, 5.41) is 12.3. The third-order valence-electron chi connectivity index (χ3n) is 5.16. The fourth-order valence-corrected chi connectivity index (χ4v) is 4.37. The van der Waals surface area contributed by atoms with Crippen molar-refractivity contribution in [3.05, 3.63) is 61.2 Å². The van der Waals surface area contributed by atoms with Crippen LogP contribution >= 0.6 is 11.8 Å². The van der Waals surface area contributed by atoms with Gasteiger partial charge in [0, 0.05) is 30.5 Å². The molecule has 1 amide bonds. The lowest BCUT2D eigenvalue weighted by atomic mass is 10.2. The molecule has 3 aromatic rings. The van der Waals surface area contributed by atoms with Gasteiger partial charge in [-0.1, -0.05) is 30.0 Å². The molecule has 1 heterocycles. The van der Waals surface area contributed by atoms with Gasteiger partial charge in [0.2, 0.25) is 5.91 Å². The highest BCUT2D eigenvalue weighted by Crippen LogP contribution is 2.31. The number of para-hydroxylation sites is 1. The smallest absolute Gasteiger partial charge is 0.234 e. The summed E-state index contributed by atoms with van der Waals surface area (Å²) in [6, 6.07) is 16.0. The van der Waals surface area contributed by atoms with Crippen molar-refractivity contribution in [2.75, 3.05) is 29.6 Å². The second kappa shape index (κ2) is 11.6. The minimum atomic E-state index is -0.101. The molecule has 33 heavy (non-hydrogen) atoms. The maximum Gasteiger partial charge on any atom is 0.234 e. The first kappa shape index (κ1) is 24.4. The lowest BCUT2D eigenvalue weighted by Gasteiger charge is -2.27. The Bertz CT molecular complexity index is 1080. The van der Waals surface area contributed by atoms with Crippen LogP contribution in [0.3, 0.4) is 0 Å². The number of ether oxygens (including phenoxy) is 1. The molecule has 8 heteroatoms. The van der Waals surface area contributed by atoms with Crippen LogP contribution in [0.15, 0.2) is 66.3 Å². The van der Waals surface area contributed by atoms with E-state index in [1.807, 2.05) is 53.1 Å². The van der Waals surface area contributed by atoms with Gasteiger partial charge in [-0.2, -0.15) is 0 Å². The van der Waals surface area contributed by atoms with Crippen LogP contribution in [-0.4, -0.2) is 46.1 Å². The SMILES string of the molecule is C=CCn1c(SCC(=O)Nc2ccc(N(CC)C(C)C)cc2)nnc1-c1ccccc1OC. The van der Waals surface area contributed by atoms with Crippen molar-refractivity contribution in [3.8, 4) is 17.1 Å². The van der Waals surface area contributed by atoms with Crippen molar-refractivity contribution in [1.82, 2.24) is 14.8 Å². The zero-order chi connectivity index (χ0) is 23.8. The summed E-state index contributed by atoms with van der Waals surface area (Å²) in [5.41, 5.74) is 2.75. The number of nitrogens with one attached hydrogen (secondary N) is 1. The molecule has 0 aliphatic carbocycles. The van der Waals surface area contributed by atoms with Gasteiger partial charge in [0.25, 0.3) is 0 Å². The Labute approximate surface area is 199 Å². The zero-order valence-electron chi connectivity index (χ0n) is 19.6. The van der Waals surface area contributed by atoms with Crippen LogP contribution in [0.1, 0.15) is 20.8 Å². The maximum absolute atomic E-state index is 12.6. The van der Waals surface area contributed by atoms with Crippen molar-refractivity contribution in [2.24, 2.45) is 0 Å². The molecule has 1 aromatic heterocycles. The Morgan fingerprint density at radius 3 is 2.58 bits per heavy atom. The molecule has 0 aliphatic heterocycles. The standard InChI is InChI=1S/C25H31N5O2S/c1-6-16-30-24(21-10-8-9-11-22(21)32-5)27-28-25(30)33-17-23(31)26-19-12-14-20(15-13-19)29(7-2)18(3)4/h6,8-15,18H,1,7,16-17H2,2-5H3,(H,26,31). The second-order valence-corrected chi connectivity index (χ2v) is 8.61. The third-order valence-corrected chi connectivity index (χ3v) is 6.12. The number of anilines is 2. The summed E-state index contributed by atoms with van der Waals surface area (Å²) in [7, 11) is 1.63. The quantitative estimate of drug-likeness (QED) is 0.314. The molecule has 1 N–H and O–H groups in total. The molecule has 0 aliphatic rings. The summed E-state index contributed by atoms with van der Waals surface area (Å²) in [6.07, 6.45) is 1.78. The highest BCUT2D eigenvalue weighted by molar-refractivity contribution is 7.99. The predicted molar refractivity (Wildman–Crippen MR) is 136 cm³/mol. The van der Waals surface area contributed by atoms with Crippen LogP contribution in [0, 0.1) is 0 Å². The topological polar surface area (TPSA) is 72.3 Å². The highest BCUT2D eigenvalue weighted by Gasteiger charge is 2.18. The van der Waals surface area contributed by atoms with E-state index < -0.39 is 0 Å². The van der Waals surface area contributed by atoms with Crippen LogP contribution in [0.4, 0.5) is 11.4 Å². The van der Waals surface area contributed by atoms with E-state index in [4.69, 9.17) is 4.74 Å². The number of thioether (sulfide) groups is 1. The number of benzene rings is 2. The minimum absolute atomic E-state index is 0.101. The number of rotatable bonds is 11. The number of amides is 1. The molecule has 174 valence electrons. The van der Waals surface area contributed by atoms with Gasteiger partial charge in [-0.15, -0.1) is 16.8 Å². The largest absolute Gasteiger partial charge is 0.496 e. The molecule has 0 fully saturated rings. The van der Waals surface area contributed by atoms with Gasteiger partial charge in [-0.3, -0.25) is 9.36 Å². The molecule has 0 atom stereocenters. The monoisotopic (exact) mass is 465 g/mol. The van der Waals surface area contributed by atoms with Crippen LogP contribution in [0.2, 0.25) is 0 Å². The zero-order valence-corrected chi connectivity index (χ0v) is 20.4. The van der Waals surface area contributed by atoms with Crippen molar-refractivity contribution >= 4 is 29.0 Å². The Morgan fingerprint density at radius 1 is 1.21 bits per heavy atom. The van der Waals surface area contributed by atoms with E-state index in [9.17, 15) is 4.79 Å². The summed E-state index contributed by atoms with van der Waals surface area (Å²) in [4.78, 5) is 14.9. The average Bonchev–Trinajstić information content (AvgIpc) is 3.21. The molecule has 0 radical (unpaired) electrons. The number of hydrogen-bond donors (Lipinski definition) is 1. The van der Waals surface area contributed by atoms with E-state index >= 15 is 0 Å². The van der Waals surface area contributed by atoms with Crippen molar-refractivity contribution in [3.63, 3.8) is 0 Å². The molecule has 3 rings (SSSR count). The minimum Gasteiger partial charge on any atom is -0.496 e. The van der Waals surface area contributed by atoms with Crippen molar-refractivity contribution in [1.29, 1.82) is 0 Å². The molecule has 7 nitrogen and oxygen atoms in total. The first-order valence-corrected chi connectivity index (χ1v) is 11.9. The van der Waals surface area contributed by atoms with Crippen molar-refractivity contribution < 1.29 is 9.53 Å². The average molecular weight is 466 g/mol. The number of carbonyl (C=O) groups is 1. The maximum atomic E-state index is 12.6. The van der Waals surface area contributed by atoms with Gasteiger partial charge in [-0.05, 0) is 57.2 Å². The molecule has 0 spiro atoms.